The summed E-state index contributed by atoms with van der Waals surface area (Å²) in [5.74, 6) is -1.53. The van der Waals surface area contributed by atoms with Crippen LogP contribution in [0.15, 0.2) is 42.5 Å². The van der Waals surface area contributed by atoms with E-state index in [1.807, 2.05) is 0 Å². The SMILES string of the molecule is N=CC(=O)c1cc(F)cc(Oc2cccc(F)c2)c1. The highest BCUT2D eigenvalue weighted by atomic mass is 19.1. The quantitative estimate of drug-likeness (QED) is 0.675. The fraction of sp³-hybridized carbons (Fsp3) is 0. The summed E-state index contributed by atoms with van der Waals surface area (Å²) < 4.78 is 31.6. The molecule has 0 fully saturated rings. The number of ether oxygens (including phenoxy) is 1. The Hall–Kier alpha value is -2.56. The van der Waals surface area contributed by atoms with E-state index in [0.29, 0.717) is 6.21 Å². The van der Waals surface area contributed by atoms with Gasteiger partial charge in [-0.15, -0.1) is 0 Å². The molecular weight excluding hydrogens is 252 g/mol. The van der Waals surface area contributed by atoms with E-state index in [1.54, 1.807) is 0 Å². The number of Topliss-reactive ketones (excluding diaryl/α,β-unsaturated/α-hetero) is 1. The number of nitrogens with one attached hydrogen (secondary N) is 1. The van der Waals surface area contributed by atoms with Gasteiger partial charge in [0.2, 0.25) is 5.78 Å². The predicted octanol–water partition coefficient (Wildman–Crippen LogP) is 3.59. The molecule has 1 N–H and O–H groups in total. The summed E-state index contributed by atoms with van der Waals surface area (Å²) in [6, 6.07) is 8.73. The van der Waals surface area contributed by atoms with E-state index in [-0.39, 0.29) is 17.1 Å². The molecule has 0 amide bonds. The average molecular weight is 261 g/mol. The number of benzene rings is 2. The highest BCUT2D eigenvalue weighted by Gasteiger charge is 2.08. The van der Waals surface area contributed by atoms with Crippen LogP contribution in [-0.4, -0.2) is 12.0 Å². The lowest BCUT2D eigenvalue weighted by atomic mass is 10.1. The second-order valence-electron chi connectivity index (χ2n) is 3.74. The van der Waals surface area contributed by atoms with Crippen LogP contribution in [0.25, 0.3) is 0 Å². The van der Waals surface area contributed by atoms with Gasteiger partial charge in [-0.3, -0.25) is 4.79 Å². The molecule has 2 aromatic rings. The van der Waals surface area contributed by atoms with Crippen LogP contribution in [-0.2, 0) is 0 Å². The number of hydrogen-bond acceptors (Lipinski definition) is 3. The van der Waals surface area contributed by atoms with E-state index < -0.39 is 17.4 Å². The Morgan fingerprint density at radius 3 is 2.47 bits per heavy atom. The van der Waals surface area contributed by atoms with E-state index in [2.05, 4.69) is 0 Å². The molecule has 0 bridgehead atoms. The van der Waals surface area contributed by atoms with Crippen LogP contribution in [0.1, 0.15) is 10.4 Å². The van der Waals surface area contributed by atoms with Crippen LogP contribution in [0, 0.1) is 17.0 Å². The standard InChI is InChI=1S/C14H9F2NO2/c15-10-2-1-3-12(6-10)19-13-5-9(14(18)8-17)4-11(16)7-13/h1-8,17H. The van der Waals surface area contributed by atoms with Crippen LogP contribution in [0.3, 0.4) is 0 Å². The highest BCUT2D eigenvalue weighted by Crippen LogP contribution is 2.24. The van der Waals surface area contributed by atoms with Gasteiger partial charge < -0.3 is 10.1 Å². The van der Waals surface area contributed by atoms with Crippen molar-refractivity contribution in [2.45, 2.75) is 0 Å². The first-order valence-corrected chi connectivity index (χ1v) is 5.37. The molecule has 96 valence electrons. The maximum atomic E-state index is 13.3. The number of ketones is 1. The fourth-order valence-corrected chi connectivity index (χ4v) is 1.51. The van der Waals surface area contributed by atoms with Crippen LogP contribution < -0.4 is 4.74 Å². The summed E-state index contributed by atoms with van der Waals surface area (Å²) in [6.07, 6.45) is 0.584. The molecule has 0 aliphatic rings. The van der Waals surface area contributed by atoms with Crippen molar-refractivity contribution in [2.24, 2.45) is 0 Å². The summed E-state index contributed by atoms with van der Waals surface area (Å²) in [7, 11) is 0. The minimum absolute atomic E-state index is 0.00130. The first kappa shape index (κ1) is 12.9. The molecule has 0 saturated carbocycles. The van der Waals surface area contributed by atoms with E-state index in [9.17, 15) is 13.6 Å². The molecule has 19 heavy (non-hydrogen) atoms. The van der Waals surface area contributed by atoms with Crippen molar-refractivity contribution in [3.05, 3.63) is 59.7 Å². The largest absolute Gasteiger partial charge is 0.457 e. The zero-order valence-electron chi connectivity index (χ0n) is 9.69. The maximum Gasteiger partial charge on any atom is 0.203 e. The molecule has 2 rings (SSSR count). The van der Waals surface area contributed by atoms with Crippen molar-refractivity contribution in [2.75, 3.05) is 0 Å². The summed E-state index contributed by atoms with van der Waals surface area (Å²) >= 11 is 0. The molecule has 5 heteroatoms. The molecule has 0 unspecified atom stereocenters. The smallest absolute Gasteiger partial charge is 0.203 e. The monoisotopic (exact) mass is 261 g/mol. The number of halogens is 2. The highest BCUT2D eigenvalue weighted by molar-refractivity contribution is 6.34. The van der Waals surface area contributed by atoms with Gasteiger partial charge in [0.05, 0.1) is 6.21 Å². The minimum Gasteiger partial charge on any atom is -0.457 e. The van der Waals surface area contributed by atoms with Crippen molar-refractivity contribution >= 4 is 12.0 Å². The molecule has 0 heterocycles. The normalized spacial score (nSPS) is 10.0. The van der Waals surface area contributed by atoms with Gasteiger partial charge in [-0.1, -0.05) is 6.07 Å². The lowest BCUT2D eigenvalue weighted by Crippen LogP contribution is -2.00. The van der Waals surface area contributed by atoms with Gasteiger partial charge in [-0.25, -0.2) is 8.78 Å². The second kappa shape index (κ2) is 5.39. The van der Waals surface area contributed by atoms with E-state index >= 15 is 0 Å². The summed E-state index contributed by atoms with van der Waals surface area (Å²) in [5.41, 5.74) is 0.00130. The van der Waals surface area contributed by atoms with Crippen LogP contribution >= 0.6 is 0 Å². The third-order valence-corrected chi connectivity index (χ3v) is 2.32. The Morgan fingerprint density at radius 1 is 1.05 bits per heavy atom. The Labute approximate surface area is 108 Å². The van der Waals surface area contributed by atoms with Crippen LogP contribution in [0.2, 0.25) is 0 Å². The van der Waals surface area contributed by atoms with Gasteiger partial charge in [-0.05, 0) is 24.3 Å². The molecule has 0 aliphatic carbocycles. The van der Waals surface area contributed by atoms with Crippen molar-refractivity contribution in [3.8, 4) is 11.5 Å². The van der Waals surface area contributed by atoms with Gasteiger partial charge >= 0.3 is 0 Å². The van der Waals surface area contributed by atoms with Gasteiger partial charge in [0, 0.05) is 17.7 Å². The van der Waals surface area contributed by atoms with Crippen molar-refractivity contribution in [1.29, 1.82) is 5.41 Å². The molecule has 0 saturated heterocycles. The molecule has 0 aliphatic heterocycles. The number of carbonyl (C=O) groups is 1. The maximum absolute atomic E-state index is 13.3. The first-order chi connectivity index (χ1) is 9.08. The molecule has 3 nitrogen and oxygen atoms in total. The van der Waals surface area contributed by atoms with E-state index in [1.165, 1.54) is 24.3 Å². The van der Waals surface area contributed by atoms with E-state index in [4.69, 9.17) is 10.1 Å². The summed E-state index contributed by atoms with van der Waals surface area (Å²) in [5, 5.41) is 6.85. The first-order valence-electron chi connectivity index (χ1n) is 5.37. The summed E-state index contributed by atoms with van der Waals surface area (Å²) in [6.45, 7) is 0. The van der Waals surface area contributed by atoms with Gasteiger partial charge in [0.25, 0.3) is 0 Å². The third-order valence-electron chi connectivity index (χ3n) is 2.32. The Kier molecular flexibility index (Phi) is 3.66. The van der Waals surface area contributed by atoms with Crippen LogP contribution in [0.4, 0.5) is 8.78 Å². The predicted molar refractivity (Wildman–Crippen MR) is 66.0 cm³/mol. The Balaban J connectivity index is 2.32. The molecule has 0 spiro atoms. The van der Waals surface area contributed by atoms with Gasteiger partial charge in [0.1, 0.15) is 23.1 Å². The topological polar surface area (TPSA) is 50.2 Å². The average Bonchev–Trinajstić information content (AvgIpc) is 2.37. The van der Waals surface area contributed by atoms with Crippen molar-refractivity contribution < 1.29 is 18.3 Å². The molecule has 0 radical (unpaired) electrons. The molecule has 2 aromatic carbocycles. The van der Waals surface area contributed by atoms with Gasteiger partial charge in [-0.2, -0.15) is 0 Å². The number of carbonyl (C=O) groups excluding carboxylic acids is 1. The summed E-state index contributed by atoms with van der Waals surface area (Å²) in [4.78, 5) is 11.3. The number of hydrogen-bond donors (Lipinski definition) is 1. The van der Waals surface area contributed by atoms with Crippen molar-refractivity contribution in [1.82, 2.24) is 0 Å². The lowest BCUT2D eigenvalue weighted by Gasteiger charge is -2.07. The molecule has 0 aromatic heterocycles. The Morgan fingerprint density at radius 2 is 1.79 bits per heavy atom. The lowest BCUT2D eigenvalue weighted by molar-refractivity contribution is 0.106. The zero-order valence-corrected chi connectivity index (χ0v) is 9.69. The third kappa shape index (κ3) is 3.22. The fourth-order valence-electron chi connectivity index (χ4n) is 1.51. The zero-order chi connectivity index (χ0) is 13.8. The Bertz CT molecular complexity index is 641. The van der Waals surface area contributed by atoms with Crippen LogP contribution in [0.5, 0.6) is 11.5 Å². The minimum atomic E-state index is -0.667. The molecule has 0 atom stereocenters. The molecular formula is C14H9F2NO2. The second-order valence-corrected chi connectivity index (χ2v) is 3.74. The number of rotatable bonds is 4. The van der Waals surface area contributed by atoms with Crippen molar-refractivity contribution in [3.63, 3.8) is 0 Å². The van der Waals surface area contributed by atoms with E-state index in [0.717, 1.165) is 18.2 Å². The van der Waals surface area contributed by atoms with Gasteiger partial charge in [0.15, 0.2) is 0 Å².